The Morgan fingerprint density at radius 2 is 2.05 bits per heavy atom. The van der Waals surface area contributed by atoms with Crippen LogP contribution in [0.1, 0.15) is 25.5 Å². The van der Waals surface area contributed by atoms with Crippen LogP contribution in [0.5, 0.6) is 5.75 Å². The van der Waals surface area contributed by atoms with Crippen molar-refractivity contribution >= 4 is 10.0 Å². The van der Waals surface area contributed by atoms with Gasteiger partial charge in [0.2, 0.25) is 10.0 Å². The van der Waals surface area contributed by atoms with Gasteiger partial charge in [0.1, 0.15) is 5.75 Å². The molecule has 8 heteroatoms. The fourth-order valence-corrected chi connectivity index (χ4v) is 2.75. The van der Waals surface area contributed by atoms with Gasteiger partial charge >= 0.3 is 6.61 Å². The molecular formula is C13H20F2N2O3S. The molecule has 0 fully saturated rings. The molecule has 0 saturated carbocycles. The van der Waals surface area contributed by atoms with Crippen molar-refractivity contribution in [2.45, 2.75) is 26.5 Å². The van der Waals surface area contributed by atoms with Crippen molar-refractivity contribution in [2.75, 3.05) is 18.8 Å². The Morgan fingerprint density at radius 1 is 1.33 bits per heavy atom. The van der Waals surface area contributed by atoms with Gasteiger partial charge in [0.15, 0.2) is 0 Å². The van der Waals surface area contributed by atoms with Crippen LogP contribution in [-0.2, 0) is 10.0 Å². The highest BCUT2D eigenvalue weighted by molar-refractivity contribution is 7.89. The Labute approximate surface area is 123 Å². The minimum Gasteiger partial charge on any atom is -0.435 e. The third kappa shape index (κ3) is 6.83. The first-order valence-corrected chi connectivity index (χ1v) is 8.24. The number of ether oxygens (including phenoxy) is 1. The van der Waals surface area contributed by atoms with Crippen LogP contribution in [-0.4, -0.2) is 33.9 Å². The monoisotopic (exact) mass is 322 g/mol. The zero-order valence-electron chi connectivity index (χ0n) is 12.0. The molecule has 0 saturated heterocycles. The van der Waals surface area contributed by atoms with E-state index in [9.17, 15) is 17.2 Å². The standard InChI is InChI=1S/C13H20F2N2O3S/c1-3-17-21(18,19)8-7-16-10(2)11-5-4-6-12(9-11)20-13(14)15/h4-6,9-10,13,16-17H,3,7-8H2,1-2H3. The molecule has 1 atom stereocenters. The molecule has 0 heterocycles. The van der Waals surface area contributed by atoms with Gasteiger partial charge in [-0.25, -0.2) is 13.1 Å². The van der Waals surface area contributed by atoms with E-state index in [1.165, 1.54) is 12.1 Å². The quantitative estimate of drug-likeness (QED) is 0.728. The highest BCUT2D eigenvalue weighted by Crippen LogP contribution is 2.20. The maximum atomic E-state index is 12.1. The minimum absolute atomic E-state index is 0.0432. The zero-order valence-corrected chi connectivity index (χ0v) is 12.8. The van der Waals surface area contributed by atoms with Crippen LogP contribution >= 0.6 is 0 Å². The van der Waals surface area contributed by atoms with E-state index in [-0.39, 0.29) is 24.1 Å². The number of benzene rings is 1. The van der Waals surface area contributed by atoms with Crippen molar-refractivity contribution in [1.29, 1.82) is 0 Å². The fourth-order valence-electron chi connectivity index (χ4n) is 1.78. The van der Waals surface area contributed by atoms with Gasteiger partial charge in [-0.3, -0.25) is 0 Å². The predicted molar refractivity (Wildman–Crippen MR) is 77.0 cm³/mol. The van der Waals surface area contributed by atoms with E-state index in [1.807, 2.05) is 6.92 Å². The van der Waals surface area contributed by atoms with Gasteiger partial charge in [-0.2, -0.15) is 8.78 Å². The first-order chi connectivity index (χ1) is 9.84. The summed E-state index contributed by atoms with van der Waals surface area (Å²) in [5.41, 5.74) is 0.744. The van der Waals surface area contributed by atoms with Crippen LogP contribution in [0.25, 0.3) is 0 Å². The molecule has 0 radical (unpaired) electrons. The first-order valence-electron chi connectivity index (χ1n) is 6.59. The SMILES string of the molecule is CCNS(=O)(=O)CCNC(C)c1cccc(OC(F)F)c1. The number of nitrogens with one attached hydrogen (secondary N) is 2. The lowest BCUT2D eigenvalue weighted by Crippen LogP contribution is -2.32. The average Bonchev–Trinajstić information content (AvgIpc) is 2.37. The van der Waals surface area contributed by atoms with E-state index in [1.54, 1.807) is 19.1 Å². The molecule has 0 bridgehead atoms. The van der Waals surface area contributed by atoms with Crippen LogP contribution in [0, 0.1) is 0 Å². The summed E-state index contributed by atoms with van der Waals surface area (Å²) in [6.07, 6.45) is 0. The fraction of sp³-hybridized carbons (Fsp3) is 0.538. The van der Waals surface area contributed by atoms with Gasteiger partial charge in [0.05, 0.1) is 5.75 Å². The summed E-state index contributed by atoms with van der Waals surface area (Å²) in [5, 5.41) is 3.03. The molecule has 0 spiro atoms. The number of halogens is 2. The highest BCUT2D eigenvalue weighted by Gasteiger charge is 2.11. The second-order valence-electron chi connectivity index (χ2n) is 4.44. The lowest BCUT2D eigenvalue weighted by Gasteiger charge is -2.15. The lowest BCUT2D eigenvalue weighted by atomic mass is 10.1. The maximum Gasteiger partial charge on any atom is 0.387 e. The maximum absolute atomic E-state index is 12.1. The van der Waals surface area contributed by atoms with Gasteiger partial charge in [0.25, 0.3) is 0 Å². The van der Waals surface area contributed by atoms with Crippen molar-refractivity contribution in [3.8, 4) is 5.75 Å². The van der Waals surface area contributed by atoms with E-state index in [0.29, 0.717) is 6.54 Å². The van der Waals surface area contributed by atoms with E-state index >= 15 is 0 Å². The summed E-state index contributed by atoms with van der Waals surface area (Å²) in [5.74, 6) is 0.0368. The summed E-state index contributed by atoms with van der Waals surface area (Å²) >= 11 is 0. The molecule has 1 aromatic rings. The number of sulfonamides is 1. The van der Waals surface area contributed by atoms with Crippen molar-refractivity contribution in [2.24, 2.45) is 0 Å². The number of rotatable bonds is 9. The molecule has 1 rings (SSSR count). The summed E-state index contributed by atoms with van der Waals surface area (Å²) < 4.78 is 54.0. The third-order valence-electron chi connectivity index (χ3n) is 2.77. The van der Waals surface area contributed by atoms with E-state index in [0.717, 1.165) is 5.56 Å². The molecule has 0 amide bonds. The highest BCUT2D eigenvalue weighted by atomic mass is 32.2. The Morgan fingerprint density at radius 3 is 2.67 bits per heavy atom. The number of hydrogen-bond acceptors (Lipinski definition) is 4. The van der Waals surface area contributed by atoms with Gasteiger partial charge < -0.3 is 10.1 Å². The molecule has 0 aliphatic carbocycles. The van der Waals surface area contributed by atoms with Crippen molar-refractivity contribution in [1.82, 2.24) is 10.0 Å². The molecule has 1 unspecified atom stereocenters. The van der Waals surface area contributed by atoms with Gasteiger partial charge in [-0.15, -0.1) is 0 Å². The molecule has 1 aromatic carbocycles. The van der Waals surface area contributed by atoms with Crippen molar-refractivity contribution in [3.05, 3.63) is 29.8 Å². The van der Waals surface area contributed by atoms with Crippen LogP contribution in [0.3, 0.4) is 0 Å². The number of alkyl halides is 2. The molecular weight excluding hydrogens is 302 g/mol. The summed E-state index contributed by atoms with van der Waals surface area (Å²) in [4.78, 5) is 0. The first kappa shape index (κ1) is 17.8. The van der Waals surface area contributed by atoms with E-state index < -0.39 is 16.6 Å². The summed E-state index contributed by atoms with van der Waals surface area (Å²) in [6, 6.07) is 6.14. The van der Waals surface area contributed by atoms with Crippen LogP contribution in [0.15, 0.2) is 24.3 Å². The molecule has 5 nitrogen and oxygen atoms in total. The molecule has 21 heavy (non-hydrogen) atoms. The van der Waals surface area contributed by atoms with Gasteiger partial charge in [-0.1, -0.05) is 19.1 Å². The molecule has 0 aliphatic rings. The Kier molecular flexibility index (Phi) is 7.00. The lowest BCUT2D eigenvalue weighted by molar-refractivity contribution is -0.0499. The van der Waals surface area contributed by atoms with E-state index in [2.05, 4.69) is 14.8 Å². The second kappa shape index (κ2) is 8.26. The van der Waals surface area contributed by atoms with E-state index in [4.69, 9.17) is 0 Å². The van der Waals surface area contributed by atoms with Crippen molar-refractivity contribution < 1.29 is 21.9 Å². The van der Waals surface area contributed by atoms with Crippen molar-refractivity contribution in [3.63, 3.8) is 0 Å². The van der Waals surface area contributed by atoms with Crippen LogP contribution < -0.4 is 14.8 Å². The summed E-state index contributed by atoms with van der Waals surface area (Å²) in [7, 11) is -3.27. The third-order valence-corrected chi connectivity index (χ3v) is 4.24. The average molecular weight is 322 g/mol. The Bertz CT molecular complexity index is 538. The Hall–Kier alpha value is -1.25. The molecule has 120 valence electrons. The molecule has 0 aliphatic heterocycles. The van der Waals surface area contributed by atoms with Gasteiger partial charge in [-0.05, 0) is 24.6 Å². The topological polar surface area (TPSA) is 67.4 Å². The van der Waals surface area contributed by atoms with Gasteiger partial charge in [0, 0.05) is 19.1 Å². The predicted octanol–water partition coefficient (Wildman–Crippen LogP) is 1.88. The van der Waals surface area contributed by atoms with Crippen LogP contribution in [0.2, 0.25) is 0 Å². The number of hydrogen-bond donors (Lipinski definition) is 2. The summed E-state index contributed by atoms with van der Waals surface area (Å²) in [6.45, 7) is 1.28. The minimum atomic E-state index is -3.27. The normalized spacial score (nSPS) is 13.4. The zero-order chi connectivity index (χ0) is 15.9. The molecule has 2 N–H and O–H groups in total. The smallest absolute Gasteiger partial charge is 0.387 e. The molecule has 0 aromatic heterocycles. The second-order valence-corrected chi connectivity index (χ2v) is 6.37. The van der Waals surface area contributed by atoms with Crippen LogP contribution in [0.4, 0.5) is 8.78 Å². The Balaban J connectivity index is 2.54. The largest absolute Gasteiger partial charge is 0.435 e.